The summed E-state index contributed by atoms with van der Waals surface area (Å²) in [5.74, 6) is 0.0440. The first kappa shape index (κ1) is 16.8. The first-order chi connectivity index (χ1) is 11.9. The Morgan fingerprint density at radius 1 is 1.28 bits per heavy atom. The number of fused-ring (bicyclic) bond motifs is 1. The van der Waals surface area contributed by atoms with Crippen LogP contribution < -0.4 is 10.2 Å². The van der Waals surface area contributed by atoms with E-state index in [1.807, 2.05) is 30.3 Å². The van der Waals surface area contributed by atoms with Gasteiger partial charge in [0.1, 0.15) is 12.3 Å². The van der Waals surface area contributed by atoms with Crippen LogP contribution in [0.15, 0.2) is 52.5 Å². The second kappa shape index (κ2) is 6.43. The Labute approximate surface area is 144 Å². The van der Waals surface area contributed by atoms with Gasteiger partial charge in [-0.15, -0.1) is 0 Å². The maximum atomic E-state index is 12.4. The van der Waals surface area contributed by atoms with Gasteiger partial charge in [-0.2, -0.15) is 5.10 Å². The second-order valence-electron chi connectivity index (χ2n) is 6.34. The molecule has 0 radical (unpaired) electrons. The van der Waals surface area contributed by atoms with E-state index in [-0.39, 0.29) is 17.8 Å². The largest absolute Gasteiger partial charge is 0.506 e. The maximum absolute atomic E-state index is 12.4. The Hall–Kier alpha value is -3.09. The Morgan fingerprint density at radius 3 is 2.68 bits per heavy atom. The summed E-state index contributed by atoms with van der Waals surface area (Å²) in [6.07, 6.45) is 0.725. The number of ether oxygens (including phenoxy) is 2. The van der Waals surface area contributed by atoms with Crippen molar-refractivity contribution in [1.29, 1.82) is 0 Å². The molecule has 2 aromatic rings. The van der Waals surface area contributed by atoms with Crippen LogP contribution in [0.25, 0.3) is 0 Å². The van der Waals surface area contributed by atoms with Crippen LogP contribution in [0.3, 0.4) is 0 Å². The number of hydrogen-bond donors (Lipinski definition) is 1. The molecule has 0 fully saturated rings. The molecule has 0 saturated carbocycles. The van der Waals surface area contributed by atoms with Crippen molar-refractivity contribution in [1.82, 2.24) is 4.68 Å². The van der Waals surface area contributed by atoms with Gasteiger partial charge in [-0.3, -0.25) is 4.79 Å². The lowest BCUT2D eigenvalue weighted by molar-refractivity contribution is 0.00869. The summed E-state index contributed by atoms with van der Waals surface area (Å²) in [6, 6.07) is 10.7. The number of hydrogen-bond acceptors (Lipinski definition) is 5. The molecule has 0 amide bonds. The highest BCUT2D eigenvalue weighted by Gasteiger charge is 2.40. The summed E-state index contributed by atoms with van der Waals surface area (Å²) < 4.78 is 12.2. The van der Waals surface area contributed by atoms with E-state index in [1.165, 1.54) is 16.9 Å². The minimum absolute atomic E-state index is 0.0440. The zero-order valence-corrected chi connectivity index (χ0v) is 13.9. The molecule has 1 aliphatic rings. The standard InChI is InChI=1S/C18H18N2O5/c1-18(2)11-19-20-9-8-13(21)15(14(20)16(18)25-17(22)23)24-10-12-6-4-3-5-7-12/h3-9,11,16H,10H2,1-2H3,(H,22,23). The van der Waals surface area contributed by atoms with E-state index in [1.54, 1.807) is 20.1 Å². The lowest BCUT2D eigenvalue weighted by atomic mass is 9.84. The lowest BCUT2D eigenvalue weighted by Gasteiger charge is -2.34. The van der Waals surface area contributed by atoms with Crippen LogP contribution in [0.5, 0.6) is 5.75 Å². The topological polar surface area (TPSA) is 90.1 Å². The summed E-state index contributed by atoms with van der Waals surface area (Å²) in [5, 5.41) is 13.4. The Kier molecular flexibility index (Phi) is 4.31. The van der Waals surface area contributed by atoms with E-state index in [2.05, 4.69) is 5.10 Å². The van der Waals surface area contributed by atoms with Crippen molar-refractivity contribution >= 4 is 12.4 Å². The number of carboxylic acid groups (broad SMARTS) is 1. The van der Waals surface area contributed by atoms with Crippen molar-refractivity contribution in [2.24, 2.45) is 10.5 Å². The van der Waals surface area contributed by atoms with Gasteiger partial charge in [-0.05, 0) is 5.56 Å². The Bertz CT molecular complexity index is 871. The molecule has 3 rings (SSSR count). The fourth-order valence-corrected chi connectivity index (χ4v) is 2.68. The monoisotopic (exact) mass is 342 g/mol. The maximum Gasteiger partial charge on any atom is 0.506 e. The van der Waals surface area contributed by atoms with Gasteiger partial charge in [-0.25, -0.2) is 9.47 Å². The van der Waals surface area contributed by atoms with Gasteiger partial charge in [-0.1, -0.05) is 44.2 Å². The molecular formula is C18H18N2O5. The van der Waals surface area contributed by atoms with Gasteiger partial charge < -0.3 is 14.6 Å². The molecule has 1 aromatic heterocycles. The lowest BCUT2D eigenvalue weighted by Crippen LogP contribution is -2.35. The quantitative estimate of drug-likeness (QED) is 0.863. The summed E-state index contributed by atoms with van der Waals surface area (Å²) in [4.78, 5) is 23.5. The van der Waals surface area contributed by atoms with Crippen molar-refractivity contribution < 1.29 is 19.4 Å². The van der Waals surface area contributed by atoms with Gasteiger partial charge in [0.15, 0.2) is 11.9 Å². The summed E-state index contributed by atoms with van der Waals surface area (Å²) >= 11 is 0. The number of pyridine rings is 1. The Morgan fingerprint density at radius 2 is 2.00 bits per heavy atom. The third kappa shape index (κ3) is 3.40. The third-order valence-corrected chi connectivity index (χ3v) is 3.95. The average molecular weight is 342 g/mol. The molecule has 1 N–H and O–H groups in total. The predicted octanol–water partition coefficient (Wildman–Crippen LogP) is 3.04. The first-order valence-electron chi connectivity index (χ1n) is 7.76. The molecule has 130 valence electrons. The van der Waals surface area contributed by atoms with Crippen LogP contribution in [-0.2, 0) is 11.3 Å². The molecule has 0 saturated heterocycles. The first-order valence-corrected chi connectivity index (χ1v) is 7.76. The molecule has 1 aromatic carbocycles. The number of nitrogens with zero attached hydrogens (tertiary/aromatic N) is 2. The summed E-state index contributed by atoms with van der Waals surface area (Å²) in [6.45, 7) is 3.75. The van der Waals surface area contributed by atoms with E-state index in [0.29, 0.717) is 5.69 Å². The number of rotatable bonds is 4. The SMILES string of the molecule is CC1(C)C=Nn2ccc(=O)c(OCc3ccccc3)c2C1OC(=O)O. The van der Waals surface area contributed by atoms with Crippen LogP contribution in [0.4, 0.5) is 4.79 Å². The molecular weight excluding hydrogens is 324 g/mol. The van der Waals surface area contributed by atoms with Crippen LogP contribution in [0.1, 0.15) is 31.2 Å². The predicted molar refractivity (Wildman–Crippen MR) is 91.0 cm³/mol. The van der Waals surface area contributed by atoms with Gasteiger partial charge in [0.2, 0.25) is 5.43 Å². The highest BCUT2D eigenvalue weighted by Crippen LogP contribution is 2.41. The highest BCUT2D eigenvalue weighted by molar-refractivity contribution is 5.69. The van der Waals surface area contributed by atoms with Crippen molar-refractivity contribution in [3.8, 4) is 5.75 Å². The van der Waals surface area contributed by atoms with Gasteiger partial charge >= 0.3 is 6.16 Å². The van der Waals surface area contributed by atoms with Gasteiger partial charge in [0.25, 0.3) is 0 Å². The molecule has 1 unspecified atom stereocenters. The van der Waals surface area contributed by atoms with Crippen LogP contribution in [0, 0.1) is 5.41 Å². The van der Waals surface area contributed by atoms with Crippen molar-refractivity contribution in [2.75, 3.05) is 0 Å². The zero-order chi connectivity index (χ0) is 18.0. The van der Waals surface area contributed by atoms with E-state index in [0.717, 1.165) is 5.56 Å². The molecule has 25 heavy (non-hydrogen) atoms. The van der Waals surface area contributed by atoms with E-state index < -0.39 is 17.7 Å². The van der Waals surface area contributed by atoms with Gasteiger partial charge in [0, 0.05) is 23.9 Å². The molecule has 7 nitrogen and oxygen atoms in total. The molecule has 0 bridgehead atoms. The minimum Gasteiger partial charge on any atom is -0.483 e. The number of aromatic nitrogens is 1. The van der Waals surface area contributed by atoms with Crippen LogP contribution in [-0.4, -0.2) is 22.2 Å². The third-order valence-electron chi connectivity index (χ3n) is 3.95. The van der Waals surface area contributed by atoms with E-state index in [4.69, 9.17) is 14.6 Å². The molecule has 0 aliphatic carbocycles. The average Bonchev–Trinajstić information content (AvgIpc) is 2.57. The number of benzene rings is 1. The fraction of sp³-hybridized carbons (Fsp3) is 0.278. The Balaban J connectivity index is 2.03. The molecule has 0 spiro atoms. The van der Waals surface area contributed by atoms with E-state index in [9.17, 15) is 9.59 Å². The normalized spacial score (nSPS) is 17.6. The van der Waals surface area contributed by atoms with Crippen LogP contribution in [0.2, 0.25) is 0 Å². The zero-order valence-electron chi connectivity index (χ0n) is 13.9. The molecule has 7 heteroatoms. The number of carbonyl (C=O) groups is 1. The molecule has 1 aliphatic heterocycles. The summed E-state index contributed by atoms with van der Waals surface area (Å²) in [5.41, 5.74) is 0.100. The summed E-state index contributed by atoms with van der Waals surface area (Å²) in [7, 11) is 0. The van der Waals surface area contributed by atoms with Crippen LogP contribution >= 0.6 is 0 Å². The smallest absolute Gasteiger partial charge is 0.483 e. The molecule has 1 atom stereocenters. The highest BCUT2D eigenvalue weighted by atomic mass is 16.7. The molecule has 2 heterocycles. The second-order valence-corrected chi connectivity index (χ2v) is 6.34. The fourth-order valence-electron chi connectivity index (χ4n) is 2.68. The van der Waals surface area contributed by atoms with E-state index >= 15 is 0 Å². The van der Waals surface area contributed by atoms with Crippen molar-refractivity contribution in [2.45, 2.75) is 26.6 Å². The van der Waals surface area contributed by atoms with Gasteiger partial charge in [0.05, 0.1) is 0 Å². The van der Waals surface area contributed by atoms with Crippen molar-refractivity contribution in [3.05, 3.63) is 64.1 Å². The minimum atomic E-state index is -1.43. The van der Waals surface area contributed by atoms with Crippen molar-refractivity contribution in [3.63, 3.8) is 0 Å².